The molecule has 0 saturated carbocycles. The van der Waals surface area contributed by atoms with Crippen LogP contribution < -0.4 is 0 Å². The SMILES string of the molecule is CCc1nc(CC(=O)O)co1. The topological polar surface area (TPSA) is 63.3 Å². The van der Waals surface area contributed by atoms with E-state index in [-0.39, 0.29) is 6.42 Å². The number of carboxylic acids is 1. The standard InChI is InChI=1S/C7H9NO3/c1-2-6-8-5(4-11-6)3-7(9)10/h4H,2-3H2,1H3,(H,9,10). The van der Waals surface area contributed by atoms with Crippen LogP contribution in [0.3, 0.4) is 0 Å². The minimum absolute atomic E-state index is 0.0660. The number of aromatic nitrogens is 1. The Morgan fingerprint density at radius 3 is 3.00 bits per heavy atom. The maximum Gasteiger partial charge on any atom is 0.309 e. The predicted molar refractivity (Wildman–Crippen MR) is 37.2 cm³/mol. The molecule has 0 radical (unpaired) electrons. The number of hydrogen-bond acceptors (Lipinski definition) is 3. The molecule has 0 bridgehead atoms. The van der Waals surface area contributed by atoms with E-state index in [1.165, 1.54) is 6.26 Å². The molecule has 4 heteroatoms. The summed E-state index contributed by atoms with van der Waals surface area (Å²) in [6.45, 7) is 1.90. The van der Waals surface area contributed by atoms with Crippen LogP contribution >= 0.6 is 0 Å². The molecule has 0 amide bonds. The number of aryl methyl sites for hydroxylation is 1. The molecule has 1 aromatic heterocycles. The van der Waals surface area contributed by atoms with Gasteiger partial charge in [0.2, 0.25) is 0 Å². The molecule has 1 heterocycles. The summed E-state index contributed by atoms with van der Waals surface area (Å²) in [6, 6.07) is 0. The van der Waals surface area contributed by atoms with Gasteiger partial charge in [0.1, 0.15) is 6.26 Å². The van der Waals surface area contributed by atoms with Gasteiger partial charge in [-0.05, 0) is 0 Å². The molecule has 0 aliphatic carbocycles. The molecule has 4 nitrogen and oxygen atoms in total. The van der Waals surface area contributed by atoms with Gasteiger partial charge in [0.05, 0.1) is 12.1 Å². The van der Waals surface area contributed by atoms with E-state index in [1.807, 2.05) is 6.92 Å². The van der Waals surface area contributed by atoms with Gasteiger partial charge in [-0.15, -0.1) is 0 Å². The van der Waals surface area contributed by atoms with Crippen molar-refractivity contribution in [2.24, 2.45) is 0 Å². The van der Waals surface area contributed by atoms with Crippen molar-refractivity contribution in [3.8, 4) is 0 Å². The Hall–Kier alpha value is -1.32. The second kappa shape index (κ2) is 3.18. The number of oxazole rings is 1. The number of nitrogens with zero attached hydrogens (tertiary/aromatic N) is 1. The van der Waals surface area contributed by atoms with E-state index >= 15 is 0 Å². The van der Waals surface area contributed by atoms with E-state index in [1.54, 1.807) is 0 Å². The number of rotatable bonds is 3. The smallest absolute Gasteiger partial charge is 0.309 e. The van der Waals surface area contributed by atoms with Gasteiger partial charge in [-0.3, -0.25) is 4.79 Å². The first kappa shape index (κ1) is 7.78. The quantitative estimate of drug-likeness (QED) is 0.703. The number of carboxylic acid groups (broad SMARTS) is 1. The highest BCUT2D eigenvalue weighted by Crippen LogP contribution is 2.02. The predicted octanol–water partition coefficient (Wildman–Crippen LogP) is 0.864. The Morgan fingerprint density at radius 2 is 2.55 bits per heavy atom. The van der Waals surface area contributed by atoms with Crippen molar-refractivity contribution >= 4 is 5.97 Å². The monoisotopic (exact) mass is 155 g/mol. The zero-order chi connectivity index (χ0) is 8.27. The first-order chi connectivity index (χ1) is 5.22. The fourth-order valence-corrected chi connectivity index (χ4v) is 0.747. The van der Waals surface area contributed by atoms with Crippen LogP contribution in [0.2, 0.25) is 0 Å². The Balaban J connectivity index is 2.65. The summed E-state index contributed by atoms with van der Waals surface area (Å²) in [6.07, 6.45) is 2.01. The first-order valence-electron chi connectivity index (χ1n) is 3.37. The first-order valence-corrected chi connectivity index (χ1v) is 3.37. The summed E-state index contributed by atoms with van der Waals surface area (Å²) in [7, 11) is 0. The molecule has 11 heavy (non-hydrogen) atoms. The second-order valence-electron chi connectivity index (χ2n) is 2.16. The summed E-state index contributed by atoms with van der Waals surface area (Å²) in [4.78, 5) is 14.1. The zero-order valence-electron chi connectivity index (χ0n) is 6.20. The second-order valence-corrected chi connectivity index (χ2v) is 2.16. The van der Waals surface area contributed by atoms with Gasteiger partial charge in [-0.2, -0.15) is 0 Å². The summed E-state index contributed by atoms with van der Waals surface area (Å²) >= 11 is 0. The van der Waals surface area contributed by atoms with Crippen molar-refractivity contribution in [1.82, 2.24) is 4.98 Å². The van der Waals surface area contributed by atoms with Gasteiger partial charge in [0.25, 0.3) is 0 Å². The van der Waals surface area contributed by atoms with Crippen molar-refractivity contribution in [3.05, 3.63) is 17.8 Å². The highest BCUT2D eigenvalue weighted by Gasteiger charge is 2.05. The van der Waals surface area contributed by atoms with Crippen LogP contribution in [-0.4, -0.2) is 16.1 Å². The van der Waals surface area contributed by atoms with Gasteiger partial charge < -0.3 is 9.52 Å². The molecule has 0 saturated heterocycles. The number of hydrogen-bond donors (Lipinski definition) is 1. The van der Waals surface area contributed by atoms with Gasteiger partial charge in [0, 0.05) is 6.42 Å². The Labute approximate surface area is 63.9 Å². The lowest BCUT2D eigenvalue weighted by atomic mass is 10.3. The fraction of sp³-hybridized carbons (Fsp3) is 0.429. The van der Waals surface area contributed by atoms with E-state index in [9.17, 15) is 4.79 Å². The maximum atomic E-state index is 10.2. The summed E-state index contributed by atoms with van der Waals surface area (Å²) in [5.74, 6) is -0.304. The molecule has 0 atom stereocenters. The third-order valence-electron chi connectivity index (χ3n) is 1.23. The molecule has 0 aliphatic heterocycles. The minimum Gasteiger partial charge on any atom is -0.481 e. The highest BCUT2D eigenvalue weighted by molar-refractivity contribution is 5.69. The highest BCUT2D eigenvalue weighted by atomic mass is 16.4. The molecule has 1 rings (SSSR count). The van der Waals surface area contributed by atoms with Gasteiger partial charge in [0.15, 0.2) is 5.89 Å². The molecular weight excluding hydrogens is 146 g/mol. The normalized spacial score (nSPS) is 9.91. The molecule has 1 N–H and O–H groups in total. The molecule has 0 aliphatic rings. The lowest BCUT2D eigenvalue weighted by molar-refractivity contribution is -0.136. The van der Waals surface area contributed by atoms with E-state index in [4.69, 9.17) is 9.52 Å². The molecule has 0 fully saturated rings. The molecule has 1 aromatic rings. The van der Waals surface area contributed by atoms with Gasteiger partial charge >= 0.3 is 5.97 Å². The van der Waals surface area contributed by atoms with E-state index in [0.29, 0.717) is 18.0 Å². The van der Waals surface area contributed by atoms with Crippen molar-refractivity contribution < 1.29 is 14.3 Å². The third-order valence-corrected chi connectivity index (χ3v) is 1.23. The third kappa shape index (κ3) is 2.07. The van der Waals surface area contributed by atoms with Crippen molar-refractivity contribution in [2.45, 2.75) is 19.8 Å². The van der Waals surface area contributed by atoms with Crippen LogP contribution in [-0.2, 0) is 17.6 Å². The van der Waals surface area contributed by atoms with Crippen LogP contribution in [0.4, 0.5) is 0 Å². The van der Waals surface area contributed by atoms with Crippen molar-refractivity contribution in [3.63, 3.8) is 0 Å². The molecular formula is C7H9NO3. The van der Waals surface area contributed by atoms with Crippen LogP contribution in [0.25, 0.3) is 0 Å². The zero-order valence-corrected chi connectivity index (χ0v) is 6.20. The number of carbonyl (C=O) groups is 1. The lowest BCUT2D eigenvalue weighted by Gasteiger charge is -1.84. The lowest BCUT2D eigenvalue weighted by Crippen LogP contribution is -2.00. The van der Waals surface area contributed by atoms with Gasteiger partial charge in [-0.25, -0.2) is 4.98 Å². The maximum absolute atomic E-state index is 10.2. The van der Waals surface area contributed by atoms with Crippen LogP contribution in [0, 0.1) is 0 Å². The molecule has 60 valence electrons. The van der Waals surface area contributed by atoms with E-state index in [0.717, 1.165) is 0 Å². The molecule has 0 spiro atoms. The Morgan fingerprint density at radius 1 is 1.82 bits per heavy atom. The number of aliphatic carboxylic acids is 1. The average molecular weight is 155 g/mol. The van der Waals surface area contributed by atoms with E-state index < -0.39 is 5.97 Å². The summed E-state index contributed by atoms with van der Waals surface area (Å²) in [5, 5.41) is 8.37. The van der Waals surface area contributed by atoms with Crippen molar-refractivity contribution in [2.75, 3.05) is 0 Å². The van der Waals surface area contributed by atoms with E-state index in [2.05, 4.69) is 4.98 Å². The largest absolute Gasteiger partial charge is 0.481 e. The summed E-state index contributed by atoms with van der Waals surface area (Å²) < 4.78 is 4.94. The van der Waals surface area contributed by atoms with Crippen LogP contribution in [0.15, 0.2) is 10.7 Å². The van der Waals surface area contributed by atoms with Crippen LogP contribution in [0.1, 0.15) is 18.5 Å². The summed E-state index contributed by atoms with van der Waals surface area (Å²) in [5.41, 5.74) is 0.481. The van der Waals surface area contributed by atoms with Gasteiger partial charge in [-0.1, -0.05) is 6.92 Å². The molecule has 0 unspecified atom stereocenters. The minimum atomic E-state index is -0.888. The fourth-order valence-electron chi connectivity index (χ4n) is 0.747. The Kier molecular flexibility index (Phi) is 2.25. The average Bonchev–Trinajstić information content (AvgIpc) is 2.34. The van der Waals surface area contributed by atoms with Crippen molar-refractivity contribution in [1.29, 1.82) is 0 Å². The van der Waals surface area contributed by atoms with Crippen LogP contribution in [0.5, 0.6) is 0 Å². The molecule has 0 aromatic carbocycles. The Bertz CT molecular complexity index is 254.